The summed E-state index contributed by atoms with van der Waals surface area (Å²) in [6, 6.07) is 10.4. The van der Waals surface area contributed by atoms with Gasteiger partial charge in [0, 0.05) is 44.5 Å². The van der Waals surface area contributed by atoms with Crippen molar-refractivity contribution in [3.05, 3.63) is 53.6 Å². The van der Waals surface area contributed by atoms with Gasteiger partial charge in [0.25, 0.3) is 0 Å². The fraction of sp³-hybridized carbons (Fsp3) is 0.545. The molecule has 5 nitrogen and oxygen atoms in total. The number of rotatable bonds is 7. The van der Waals surface area contributed by atoms with Crippen LogP contribution >= 0.6 is 0 Å². The molecule has 0 radical (unpaired) electrons. The zero-order valence-electron chi connectivity index (χ0n) is 16.7. The molecular weight excluding hydrogens is 336 g/mol. The minimum atomic E-state index is 0.0766. The minimum absolute atomic E-state index is 0.0766. The molecule has 0 unspecified atom stereocenters. The van der Waals surface area contributed by atoms with Crippen LogP contribution in [-0.2, 0) is 19.4 Å². The molecule has 1 fully saturated rings. The minimum Gasteiger partial charge on any atom is -0.338 e. The highest BCUT2D eigenvalue weighted by Gasteiger charge is 2.24. The monoisotopic (exact) mass is 368 g/mol. The number of hydrogen-bond acceptors (Lipinski definition) is 2. The molecule has 146 valence electrons. The number of urea groups is 1. The Kier molecular flexibility index (Phi) is 6.91. The lowest BCUT2D eigenvalue weighted by Crippen LogP contribution is -2.45. The fourth-order valence-electron chi connectivity index (χ4n) is 3.87. The molecule has 1 aromatic heterocycles. The lowest BCUT2D eigenvalue weighted by molar-refractivity contribution is 0.170. The van der Waals surface area contributed by atoms with Crippen LogP contribution < -0.4 is 5.32 Å². The Labute approximate surface area is 162 Å². The summed E-state index contributed by atoms with van der Waals surface area (Å²) in [4.78, 5) is 19.0. The Morgan fingerprint density at radius 2 is 1.96 bits per heavy atom. The van der Waals surface area contributed by atoms with Crippen LogP contribution in [0.4, 0.5) is 4.79 Å². The molecule has 1 aromatic carbocycles. The summed E-state index contributed by atoms with van der Waals surface area (Å²) in [6.07, 6.45) is 7.14. The first-order valence-corrected chi connectivity index (χ1v) is 10.2. The van der Waals surface area contributed by atoms with Crippen LogP contribution in [0.5, 0.6) is 0 Å². The molecule has 5 heteroatoms. The molecular formula is C22H32N4O. The number of carbonyl (C=O) groups excluding carboxylic acids is 1. The topological polar surface area (TPSA) is 50.2 Å². The first-order valence-electron chi connectivity index (χ1n) is 10.2. The third-order valence-corrected chi connectivity index (χ3v) is 5.49. The van der Waals surface area contributed by atoms with E-state index in [2.05, 4.69) is 40.8 Å². The van der Waals surface area contributed by atoms with Crippen LogP contribution in [0.2, 0.25) is 0 Å². The maximum atomic E-state index is 12.4. The normalized spacial score (nSPS) is 15.1. The van der Waals surface area contributed by atoms with Gasteiger partial charge in [0.2, 0.25) is 0 Å². The number of aromatic nitrogens is 2. The summed E-state index contributed by atoms with van der Waals surface area (Å²) < 4.78 is 2.35. The van der Waals surface area contributed by atoms with Crippen molar-refractivity contribution in [2.24, 2.45) is 5.92 Å². The van der Waals surface area contributed by atoms with Gasteiger partial charge in [0.05, 0.1) is 0 Å². The fourth-order valence-corrected chi connectivity index (χ4v) is 3.87. The molecule has 27 heavy (non-hydrogen) atoms. The van der Waals surface area contributed by atoms with E-state index in [1.165, 1.54) is 17.1 Å². The van der Waals surface area contributed by atoms with Gasteiger partial charge < -0.3 is 14.8 Å². The van der Waals surface area contributed by atoms with E-state index in [0.717, 1.165) is 51.7 Å². The van der Waals surface area contributed by atoms with E-state index in [1.807, 2.05) is 29.3 Å². The van der Waals surface area contributed by atoms with Gasteiger partial charge in [-0.3, -0.25) is 0 Å². The Bertz CT molecular complexity index is 717. The molecule has 2 aromatic rings. The predicted molar refractivity (Wildman–Crippen MR) is 109 cm³/mol. The van der Waals surface area contributed by atoms with E-state index in [1.54, 1.807) is 0 Å². The van der Waals surface area contributed by atoms with Gasteiger partial charge in [0.15, 0.2) is 0 Å². The number of carbonyl (C=O) groups is 1. The largest absolute Gasteiger partial charge is 0.338 e. The van der Waals surface area contributed by atoms with Gasteiger partial charge in [-0.25, -0.2) is 9.78 Å². The summed E-state index contributed by atoms with van der Waals surface area (Å²) >= 11 is 0. The molecule has 0 bridgehead atoms. The average molecular weight is 369 g/mol. The van der Waals surface area contributed by atoms with E-state index in [9.17, 15) is 4.79 Å². The number of nitrogens with one attached hydrogen (secondary N) is 1. The zero-order chi connectivity index (χ0) is 19.1. The third-order valence-electron chi connectivity index (χ3n) is 5.49. The Balaban J connectivity index is 1.41. The number of benzene rings is 1. The van der Waals surface area contributed by atoms with Gasteiger partial charge in [-0.15, -0.1) is 0 Å². The van der Waals surface area contributed by atoms with Gasteiger partial charge >= 0.3 is 6.03 Å². The molecule has 2 amide bonds. The molecule has 0 atom stereocenters. The van der Waals surface area contributed by atoms with Gasteiger partial charge in [-0.05, 0) is 44.1 Å². The van der Waals surface area contributed by atoms with E-state index in [4.69, 9.17) is 0 Å². The van der Waals surface area contributed by atoms with E-state index in [0.29, 0.717) is 12.5 Å². The van der Waals surface area contributed by atoms with Gasteiger partial charge in [0.1, 0.15) is 5.82 Å². The van der Waals surface area contributed by atoms with Crippen LogP contribution in [-0.4, -0.2) is 40.1 Å². The number of imidazole rings is 1. The van der Waals surface area contributed by atoms with Crippen LogP contribution in [0.1, 0.15) is 43.3 Å². The Hall–Kier alpha value is -2.30. The molecule has 1 saturated heterocycles. The predicted octanol–water partition coefficient (Wildman–Crippen LogP) is 3.81. The second-order valence-corrected chi connectivity index (χ2v) is 7.57. The van der Waals surface area contributed by atoms with Crippen molar-refractivity contribution in [1.82, 2.24) is 19.8 Å². The van der Waals surface area contributed by atoms with Crippen LogP contribution in [0.25, 0.3) is 0 Å². The van der Waals surface area contributed by atoms with Crippen molar-refractivity contribution in [3.8, 4) is 0 Å². The second-order valence-electron chi connectivity index (χ2n) is 7.57. The average Bonchev–Trinajstić information content (AvgIpc) is 3.03. The maximum Gasteiger partial charge on any atom is 0.317 e. The van der Waals surface area contributed by atoms with Gasteiger partial charge in [-0.1, -0.05) is 37.3 Å². The molecule has 1 N–H and O–H groups in total. The highest BCUT2D eigenvalue weighted by molar-refractivity contribution is 5.74. The van der Waals surface area contributed by atoms with Crippen molar-refractivity contribution in [3.63, 3.8) is 0 Å². The molecule has 0 aliphatic carbocycles. The highest BCUT2D eigenvalue weighted by Crippen LogP contribution is 2.22. The Morgan fingerprint density at radius 3 is 2.67 bits per heavy atom. The summed E-state index contributed by atoms with van der Waals surface area (Å²) in [5.74, 6) is 1.83. The summed E-state index contributed by atoms with van der Waals surface area (Å²) in [7, 11) is 0. The SMILES string of the molecule is CCCn1c(C)cnc1CC1CCN(C(=O)NCCc2ccccc2)CC1. The van der Waals surface area contributed by atoms with Crippen molar-refractivity contribution < 1.29 is 4.79 Å². The van der Waals surface area contributed by atoms with Gasteiger partial charge in [-0.2, -0.15) is 0 Å². The standard InChI is InChI=1S/C22H32N4O/c1-3-13-26-18(2)17-24-21(26)16-20-10-14-25(15-11-20)22(27)23-12-9-19-7-5-4-6-8-19/h4-8,17,20H,3,9-16H2,1-2H3,(H,23,27). The molecule has 1 aliphatic heterocycles. The smallest absolute Gasteiger partial charge is 0.317 e. The number of likely N-dealkylation sites (tertiary alicyclic amines) is 1. The van der Waals surface area contributed by atoms with E-state index >= 15 is 0 Å². The highest BCUT2D eigenvalue weighted by atomic mass is 16.2. The molecule has 3 rings (SSSR count). The number of nitrogens with zero attached hydrogens (tertiary/aromatic N) is 3. The first kappa shape index (κ1) is 19.5. The summed E-state index contributed by atoms with van der Waals surface area (Å²) in [5.41, 5.74) is 2.51. The van der Waals surface area contributed by atoms with E-state index in [-0.39, 0.29) is 6.03 Å². The number of piperidine rings is 1. The van der Waals surface area contributed by atoms with Crippen molar-refractivity contribution >= 4 is 6.03 Å². The maximum absolute atomic E-state index is 12.4. The quantitative estimate of drug-likeness (QED) is 0.808. The number of aryl methyl sites for hydroxylation is 1. The van der Waals surface area contributed by atoms with Crippen LogP contribution in [0.15, 0.2) is 36.5 Å². The van der Waals surface area contributed by atoms with Crippen LogP contribution in [0.3, 0.4) is 0 Å². The molecule has 0 spiro atoms. The summed E-state index contributed by atoms with van der Waals surface area (Å²) in [6.45, 7) is 7.76. The summed E-state index contributed by atoms with van der Waals surface area (Å²) in [5, 5.41) is 3.07. The zero-order valence-corrected chi connectivity index (χ0v) is 16.7. The van der Waals surface area contributed by atoms with Crippen LogP contribution in [0, 0.1) is 12.8 Å². The second kappa shape index (κ2) is 9.58. The van der Waals surface area contributed by atoms with Crippen molar-refractivity contribution in [1.29, 1.82) is 0 Å². The molecule has 0 saturated carbocycles. The lowest BCUT2D eigenvalue weighted by atomic mass is 9.93. The third kappa shape index (κ3) is 5.34. The number of amides is 2. The lowest BCUT2D eigenvalue weighted by Gasteiger charge is -2.32. The molecule has 2 heterocycles. The van der Waals surface area contributed by atoms with Crippen molar-refractivity contribution in [2.75, 3.05) is 19.6 Å². The Morgan fingerprint density at radius 1 is 1.22 bits per heavy atom. The van der Waals surface area contributed by atoms with Crippen molar-refractivity contribution in [2.45, 2.75) is 52.5 Å². The van der Waals surface area contributed by atoms with E-state index < -0.39 is 0 Å². The first-order chi connectivity index (χ1) is 13.2. The number of hydrogen-bond donors (Lipinski definition) is 1. The molecule has 1 aliphatic rings.